The zero-order valence-electron chi connectivity index (χ0n) is 14.8. The van der Waals surface area contributed by atoms with Crippen LogP contribution in [-0.4, -0.2) is 52.7 Å². The lowest BCUT2D eigenvalue weighted by atomic mass is 9.78. The number of rotatable bonds is 2. The van der Waals surface area contributed by atoms with Gasteiger partial charge in [-0.25, -0.2) is 9.37 Å². The van der Waals surface area contributed by atoms with Gasteiger partial charge < -0.3 is 14.9 Å². The molecule has 0 bridgehead atoms. The van der Waals surface area contributed by atoms with Crippen LogP contribution < -0.4 is 4.90 Å². The van der Waals surface area contributed by atoms with E-state index >= 15 is 0 Å². The maximum atomic E-state index is 14.1. The van der Waals surface area contributed by atoms with E-state index in [1.165, 1.54) is 6.07 Å². The molecule has 0 aromatic carbocycles. The molecule has 1 aliphatic carbocycles. The molecule has 5 nitrogen and oxygen atoms in total. The van der Waals surface area contributed by atoms with E-state index in [0.29, 0.717) is 13.1 Å². The second kappa shape index (κ2) is 6.76. The molecule has 0 radical (unpaired) electrons. The molecule has 142 valence electrons. The van der Waals surface area contributed by atoms with Crippen LogP contribution in [0.3, 0.4) is 0 Å². The Balaban J connectivity index is 1.51. The zero-order chi connectivity index (χ0) is 18.3. The van der Waals surface area contributed by atoms with Gasteiger partial charge in [0, 0.05) is 31.7 Å². The highest BCUT2D eigenvalue weighted by Gasteiger charge is 2.50. The molecule has 1 aromatic heterocycles. The van der Waals surface area contributed by atoms with Crippen LogP contribution in [-0.2, 0) is 4.79 Å². The minimum atomic E-state index is -0.688. The van der Waals surface area contributed by atoms with Gasteiger partial charge in [-0.05, 0) is 44.9 Å². The van der Waals surface area contributed by atoms with Crippen LogP contribution in [0.4, 0.5) is 14.5 Å². The van der Waals surface area contributed by atoms with Crippen molar-refractivity contribution in [2.75, 3.05) is 24.5 Å². The third-order valence-electron chi connectivity index (χ3n) is 6.36. The summed E-state index contributed by atoms with van der Waals surface area (Å²) >= 11 is 0. The SMILES string of the molecule is O=C1N(C2CCC(O)CC2)CC[C@]12CCCN(c1cc(F)cnc1F)C2. The van der Waals surface area contributed by atoms with E-state index in [4.69, 9.17) is 0 Å². The summed E-state index contributed by atoms with van der Waals surface area (Å²) in [6, 6.07) is 1.37. The Morgan fingerprint density at radius 3 is 2.69 bits per heavy atom. The van der Waals surface area contributed by atoms with E-state index in [1.807, 2.05) is 4.90 Å². The maximum absolute atomic E-state index is 14.1. The first-order chi connectivity index (χ1) is 12.5. The summed E-state index contributed by atoms with van der Waals surface area (Å²) in [6.45, 7) is 1.74. The predicted octanol–water partition coefficient (Wildman–Crippen LogP) is 2.48. The predicted molar refractivity (Wildman–Crippen MR) is 92.6 cm³/mol. The van der Waals surface area contributed by atoms with E-state index in [9.17, 15) is 18.7 Å². The van der Waals surface area contributed by atoms with Crippen LogP contribution in [0.2, 0.25) is 0 Å². The van der Waals surface area contributed by atoms with Gasteiger partial charge in [0.25, 0.3) is 0 Å². The lowest BCUT2D eigenvalue weighted by Crippen LogP contribution is -2.50. The van der Waals surface area contributed by atoms with Crippen LogP contribution in [0.15, 0.2) is 12.3 Å². The molecule has 1 N–H and O–H groups in total. The van der Waals surface area contributed by atoms with Crippen LogP contribution in [0.5, 0.6) is 0 Å². The molecule has 2 saturated heterocycles. The fourth-order valence-corrected chi connectivity index (χ4v) is 4.92. The number of aliphatic hydroxyl groups excluding tert-OH is 1. The number of anilines is 1. The maximum Gasteiger partial charge on any atom is 0.236 e. The molecule has 1 aromatic rings. The third-order valence-corrected chi connectivity index (χ3v) is 6.36. The van der Waals surface area contributed by atoms with Gasteiger partial charge in [-0.1, -0.05) is 0 Å². The number of hydrogen-bond donors (Lipinski definition) is 1. The Hall–Kier alpha value is -1.76. The normalized spacial score (nSPS) is 32.5. The molecule has 2 aliphatic heterocycles. The average molecular weight is 365 g/mol. The molecule has 7 heteroatoms. The fraction of sp³-hybridized carbons (Fsp3) is 0.684. The zero-order valence-corrected chi connectivity index (χ0v) is 14.8. The number of carbonyl (C=O) groups is 1. The van der Waals surface area contributed by atoms with Crippen molar-refractivity contribution in [1.29, 1.82) is 0 Å². The summed E-state index contributed by atoms with van der Waals surface area (Å²) in [7, 11) is 0. The van der Waals surface area contributed by atoms with E-state index in [0.717, 1.165) is 57.7 Å². The van der Waals surface area contributed by atoms with Crippen LogP contribution in [0, 0.1) is 17.2 Å². The summed E-state index contributed by atoms with van der Waals surface area (Å²) < 4.78 is 27.6. The second-order valence-electron chi connectivity index (χ2n) is 7.98. The van der Waals surface area contributed by atoms with Crippen molar-refractivity contribution >= 4 is 11.6 Å². The lowest BCUT2D eigenvalue weighted by molar-refractivity contribution is -0.139. The summed E-state index contributed by atoms with van der Waals surface area (Å²) in [5.41, 5.74) is -0.358. The summed E-state index contributed by atoms with van der Waals surface area (Å²) in [4.78, 5) is 20.5. The Labute approximate surface area is 152 Å². The molecule has 3 heterocycles. The highest BCUT2D eigenvalue weighted by atomic mass is 19.1. The molecule has 4 rings (SSSR count). The molecule has 1 saturated carbocycles. The van der Waals surface area contributed by atoms with Crippen molar-refractivity contribution < 1.29 is 18.7 Å². The molecule has 1 atom stereocenters. The first-order valence-corrected chi connectivity index (χ1v) is 9.54. The van der Waals surface area contributed by atoms with E-state index < -0.39 is 17.2 Å². The molecule has 3 fully saturated rings. The number of amides is 1. The number of hydrogen-bond acceptors (Lipinski definition) is 4. The molecule has 1 amide bonds. The Morgan fingerprint density at radius 2 is 1.92 bits per heavy atom. The van der Waals surface area contributed by atoms with Crippen molar-refractivity contribution in [2.45, 2.75) is 57.1 Å². The van der Waals surface area contributed by atoms with Crippen molar-refractivity contribution in [3.05, 3.63) is 24.0 Å². The molecular formula is C19H25F2N3O2. The van der Waals surface area contributed by atoms with Gasteiger partial charge in [-0.3, -0.25) is 4.79 Å². The number of halogens is 2. The molecular weight excluding hydrogens is 340 g/mol. The smallest absolute Gasteiger partial charge is 0.236 e. The molecule has 0 unspecified atom stereocenters. The second-order valence-corrected chi connectivity index (χ2v) is 7.98. The van der Waals surface area contributed by atoms with Crippen LogP contribution in [0.1, 0.15) is 44.9 Å². The highest BCUT2D eigenvalue weighted by molar-refractivity contribution is 5.86. The standard InChI is InChI=1S/C19H25F2N3O2/c20-13-10-16(17(21)22-11-13)23-8-1-6-19(12-23)7-9-24(18(19)26)14-2-4-15(25)5-3-14/h10-11,14-15,25H,1-9,12H2/t14?,15?,19-/m0/s1. The van der Waals surface area contributed by atoms with E-state index in [2.05, 4.69) is 4.98 Å². The van der Waals surface area contributed by atoms with Crippen LogP contribution in [0.25, 0.3) is 0 Å². The minimum Gasteiger partial charge on any atom is -0.393 e. The van der Waals surface area contributed by atoms with Crippen LogP contribution >= 0.6 is 0 Å². The first kappa shape index (κ1) is 17.6. The summed E-state index contributed by atoms with van der Waals surface area (Å²) in [5.74, 6) is -1.11. The first-order valence-electron chi connectivity index (χ1n) is 9.54. The highest BCUT2D eigenvalue weighted by Crippen LogP contribution is 2.43. The van der Waals surface area contributed by atoms with E-state index in [-0.39, 0.29) is 23.7 Å². The number of carbonyl (C=O) groups excluding carboxylic acids is 1. The Kier molecular flexibility index (Phi) is 4.59. The van der Waals surface area contributed by atoms with Gasteiger partial charge in [-0.2, -0.15) is 4.39 Å². The monoisotopic (exact) mass is 365 g/mol. The summed E-state index contributed by atoms with van der Waals surface area (Å²) in [5, 5.41) is 9.70. The Morgan fingerprint density at radius 1 is 1.15 bits per heavy atom. The summed E-state index contributed by atoms with van der Waals surface area (Å²) in [6.07, 6.45) is 6.12. The van der Waals surface area contributed by atoms with Gasteiger partial charge >= 0.3 is 0 Å². The number of nitrogens with zero attached hydrogens (tertiary/aromatic N) is 3. The number of aromatic nitrogens is 1. The van der Waals surface area contributed by atoms with Gasteiger partial charge in [-0.15, -0.1) is 0 Å². The Bertz CT molecular complexity index is 693. The van der Waals surface area contributed by atoms with Gasteiger partial charge in [0.1, 0.15) is 5.82 Å². The topological polar surface area (TPSA) is 56.7 Å². The number of aliphatic hydroxyl groups is 1. The quantitative estimate of drug-likeness (QED) is 0.818. The molecule has 26 heavy (non-hydrogen) atoms. The number of likely N-dealkylation sites (tertiary alicyclic amines) is 1. The van der Waals surface area contributed by atoms with Gasteiger partial charge in [0.15, 0.2) is 0 Å². The fourth-order valence-electron chi connectivity index (χ4n) is 4.92. The molecule has 1 spiro atoms. The average Bonchev–Trinajstić information content (AvgIpc) is 2.94. The number of pyridine rings is 1. The van der Waals surface area contributed by atoms with E-state index in [1.54, 1.807) is 4.90 Å². The van der Waals surface area contributed by atoms with Crippen molar-refractivity contribution in [3.8, 4) is 0 Å². The largest absolute Gasteiger partial charge is 0.393 e. The molecule has 3 aliphatic rings. The minimum absolute atomic E-state index is 0.147. The lowest BCUT2D eigenvalue weighted by Gasteiger charge is -2.41. The third kappa shape index (κ3) is 3.06. The van der Waals surface area contributed by atoms with Gasteiger partial charge in [0.05, 0.1) is 23.4 Å². The van der Waals surface area contributed by atoms with Crippen molar-refractivity contribution in [3.63, 3.8) is 0 Å². The van der Waals surface area contributed by atoms with Crippen molar-refractivity contribution in [1.82, 2.24) is 9.88 Å². The van der Waals surface area contributed by atoms with Gasteiger partial charge in [0.2, 0.25) is 11.9 Å². The number of piperidine rings is 1. The van der Waals surface area contributed by atoms with Crippen molar-refractivity contribution in [2.24, 2.45) is 5.41 Å².